The van der Waals surface area contributed by atoms with Gasteiger partial charge in [-0.05, 0) is 12.8 Å². The Hall–Kier alpha value is -1.56. The molecule has 0 radical (unpaired) electrons. The number of ether oxygens (including phenoxy) is 1. The fraction of sp³-hybridized carbons (Fsp3) is 0.400. The number of carbonyl (C=O) groups is 1. The lowest BCUT2D eigenvalue weighted by molar-refractivity contribution is -0.143. The number of hydrogen-bond acceptors (Lipinski definition) is 6. The Morgan fingerprint density at radius 1 is 1.44 bits per heavy atom. The van der Waals surface area contributed by atoms with E-state index >= 15 is 0 Å². The van der Waals surface area contributed by atoms with E-state index in [1.54, 1.807) is 12.4 Å². The number of methoxy groups -OCH3 is 1. The third kappa shape index (κ3) is 1.23. The molecular formula is C10H9N3O2S. The van der Waals surface area contributed by atoms with E-state index in [-0.39, 0.29) is 5.97 Å². The van der Waals surface area contributed by atoms with Gasteiger partial charge in [0.1, 0.15) is 10.4 Å². The van der Waals surface area contributed by atoms with Crippen molar-refractivity contribution in [2.75, 3.05) is 7.11 Å². The molecule has 1 aliphatic rings. The SMILES string of the molecule is COC(=O)C1(c2nc3nccnc3s2)CC1. The minimum Gasteiger partial charge on any atom is -0.468 e. The Morgan fingerprint density at radius 2 is 2.19 bits per heavy atom. The number of fused-ring (bicyclic) bond motifs is 1. The van der Waals surface area contributed by atoms with Crippen molar-refractivity contribution in [3.05, 3.63) is 17.4 Å². The Bertz CT molecular complexity index is 529. The van der Waals surface area contributed by atoms with E-state index in [1.165, 1.54) is 18.4 Å². The summed E-state index contributed by atoms with van der Waals surface area (Å²) in [5, 5.41) is 0.778. The van der Waals surface area contributed by atoms with Gasteiger partial charge >= 0.3 is 5.97 Å². The van der Waals surface area contributed by atoms with Crippen molar-refractivity contribution in [1.29, 1.82) is 0 Å². The summed E-state index contributed by atoms with van der Waals surface area (Å²) in [4.78, 5) is 25.1. The Labute approximate surface area is 95.5 Å². The molecule has 1 fully saturated rings. The lowest BCUT2D eigenvalue weighted by atomic mass is 10.1. The molecule has 16 heavy (non-hydrogen) atoms. The summed E-state index contributed by atoms with van der Waals surface area (Å²) in [5.41, 5.74) is 0.0969. The summed E-state index contributed by atoms with van der Waals surface area (Å²) < 4.78 is 4.81. The molecule has 0 bridgehead atoms. The van der Waals surface area contributed by atoms with Crippen molar-refractivity contribution >= 4 is 27.8 Å². The van der Waals surface area contributed by atoms with E-state index in [4.69, 9.17) is 4.74 Å². The van der Waals surface area contributed by atoms with Gasteiger partial charge in [-0.1, -0.05) is 11.3 Å². The van der Waals surface area contributed by atoms with Crippen LogP contribution in [0.4, 0.5) is 0 Å². The fourth-order valence-electron chi connectivity index (χ4n) is 1.71. The highest BCUT2D eigenvalue weighted by molar-refractivity contribution is 7.18. The first kappa shape index (κ1) is 9.65. The fourth-order valence-corrected chi connectivity index (χ4v) is 2.81. The van der Waals surface area contributed by atoms with Crippen LogP contribution in [-0.4, -0.2) is 28.0 Å². The summed E-state index contributed by atoms with van der Waals surface area (Å²) in [6.07, 6.45) is 4.84. The molecule has 5 nitrogen and oxygen atoms in total. The Kier molecular flexibility index (Phi) is 1.94. The maximum atomic E-state index is 11.7. The Morgan fingerprint density at radius 3 is 2.81 bits per heavy atom. The zero-order chi connectivity index (χ0) is 11.2. The van der Waals surface area contributed by atoms with Gasteiger partial charge in [0, 0.05) is 12.4 Å². The number of carbonyl (C=O) groups excluding carboxylic acids is 1. The summed E-state index contributed by atoms with van der Waals surface area (Å²) in [6.45, 7) is 0. The van der Waals surface area contributed by atoms with E-state index in [2.05, 4.69) is 15.0 Å². The van der Waals surface area contributed by atoms with E-state index in [1.807, 2.05) is 0 Å². The number of aromatic nitrogens is 3. The number of thiazole rings is 1. The first-order chi connectivity index (χ1) is 7.76. The average Bonchev–Trinajstić information content (AvgIpc) is 3.01. The summed E-state index contributed by atoms with van der Waals surface area (Å²) in [7, 11) is 1.41. The van der Waals surface area contributed by atoms with Crippen LogP contribution in [0.3, 0.4) is 0 Å². The zero-order valence-corrected chi connectivity index (χ0v) is 9.45. The third-order valence-electron chi connectivity index (χ3n) is 2.78. The van der Waals surface area contributed by atoms with Crippen molar-refractivity contribution in [3.8, 4) is 0 Å². The molecule has 6 heteroatoms. The molecule has 0 saturated heterocycles. The molecule has 0 unspecified atom stereocenters. The lowest BCUT2D eigenvalue weighted by Gasteiger charge is -2.07. The molecule has 2 heterocycles. The van der Waals surface area contributed by atoms with Gasteiger partial charge in [-0.3, -0.25) is 4.79 Å². The molecule has 0 spiro atoms. The van der Waals surface area contributed by atoms with Crippen molar-refractivity contribution in [3.63, 3.8) is 0 Å². The van der Waals surface area contributed by atoms with Crippen LogP contribution >= 0.6 is 11.3 Å². The van der Waals surface area contributed by atoms with Crippen LogP contribution in [0.2, 0.25) is 0 Å². The van der Waals surface area contributed by atoms with Crippen LogP contribution in [0.15, 0.2) is 12.4 Å². The number of esters is 1. The van der Waals surface area contributed by atoms with Crippen molar-refractivity contribution < 1.29 is 9.53 Å². The standard InChI is InChI=1S/C10H9N3O2S/c1-15-9(14)10(2-3-10)8-13-6-7(16-8)12-5-4-11-6/h4-5H,2-3H2,1H3. The minimum atomic E-state index is -0.512. The molecule has 1 saturated carbocycles. The van der Waals surface area contributed by atoms with Gasteiger partial charge in [0.25, 0.3) is 0 Å². The summed E-state index contributed by atoms with van der Waals surface area (Å²) >= 11 is 1.42. The number of rotatable bonds is 2. The van der Waals surface area contributed by atoms with Crippen LogP contribution in [0.1, 0.15) is 17.8 Å². The molecule has 2 aromatic rings. The average molecular weight is 235 g/mol. The van der Waals surface area contributed by atoms with Crippen molar-refractivity contribution in [2.45, 2.75) is 18.3 Å². The van der Waals surface area contributed by atoms with Gasteiger partial charge in [-0.25, -0.2) is 15.0 Å². The second kappa shape index (κ2) is 3.21. The van der Waals surface area contributed by atoms with Gasteiger partial charge in [-0.2, -0.15) is 0 Å². The van der Waals surface area contributed by atoms with Crippen LogP contribution in [-0.2, 0) is 14.9 Å². The molecule has 1 aliphatic carbocycles. The van der Waals surface area contributed by atoms with E-state index in [9.17, 15) is 4.79 Å². The summed E-state index contributed by atoms with van der Waals surface area (Å²) in [6, 6.07) is 0. The number of hydrogen-bond donors (Lipinski definition) is 0. The molecular weight excluding hydrogens is 226 g/mol. The molecule has 0 N–H and O–H groups in total. The maximum absolute atomic E-state index is 11.7. The molecule has 0 amide bonds. The van der Waals surface area contributed by atoms with E-state index in [0.29, 0.717) is 5.65 Å². The van der Waals surface area contributed by atoms with Crippen LogP contribution in [0.25, 0.3) is 10.5 Å². The van der Waals surface area contributed by atoms with Gasteiger partial charge in [0.2, 0.25) is 0 Å². The highest BCUT2D eigenvalue weighted by atomic mass is 32.1. The second-order valence-corrected chi connectivity index (χ2v) is 4.76. The predicted octanol–water partition coefficient (Wildman–Crippen LogP) is 1.29. The Balaban J connectivity index is 2.10. The van der Waals surface area contributed by atoms with Crippen LogP contribution in [0.5, 0.6) is 0 Å². The van der Waals surface area contributed by atoms with Crippen LogP contribution < -0.4 is 0 Å². The normalized spacial score (nSPS) is 17.3. The van der Waals surface area contributed by atoms with Crippen molar-refractivity contribution in [1.82, 2.24) is 15.0 Å². The zero-order valence-electron chi connectivity index (χ0n) is 8.64. The highest BCUT2D eigenvalue weighted by Crippen LogP contribution is 2.50. The van der Waals surface area contributed by atoms with E-state index < -0.39 is 5.41 Å². The molecule has 0 aliphatic heterocycles. The van der Waals surface area contributed by atoms with Gasteiger partial charge < -0.3 is 4.74 Å². The van der Waals surface area contributed by atoms with Gasteiger partial charge in [0.15, 0.2) is 10.5 Å². The topological polar surface area (TPSA) is 65.0 Å². The molecule has 3 rings (SSSR count). The largest absolute Gasteiger partial charge is 0.468 e. The van der Waals surface area contributed by atoms with E-state index in [0.717, 1.165) is 22.7 Å². The van der Waals surface area contributed by atoms with Crippen LogP contribution in [0, 0.1) is 0 Å². The minimum absolute atomic E-state index is 0.202. The van der Waals surface area contributed by atoms with Gasteiger partial charge in [0.05, 0.1) is 7.11 Å². The summed E-state index contributed by atoms with van der Waals surface area (Å²) in [5.74, 6) is -0.202. The van der Waals surface area contributed by atoms with Gasteiger partial charge in [-0.15, -0.1) is 0 Å². The number of nitrogens with zero attached hydrogens (tertiary/aromatic N) is 3. The molecule has 0 atom stereocenters. The molecule has 0 aromatic carbocycles. The predicted molar refractivity (Wildman–Crippen MR) is 58.1 cm³/mol. The molecule has 82 valence electrons. The molecule has 2 aromatic heterocycles. The monoisotopic (exact) mass is 235 g/mol. The second-order valence-electron chi connectivity index (χ2n) is 3.78. The highest BCUT2D eigenvalue weighted by Gasteiger charge is 2.55. The first-order valence-electron chi connectivity index (χ1n) is 4.93. The van der Waals surface area contributed by atoms with Crippen molar-refractivity contribution in [2.24, 2.45) is 0 Å². The quantitative estimate of drug-likeness (QED) is 0.734. The smallest absolute Gasteiger partial charge is 0.318 e. The lowest BCUT2D eigenvalue weighted by Crippen LogP contribution is -2.21. The third-order valence-corrected chi connectivity index (χ3v) is 3.94. The first-order valence-corrected chi connectivity index (χ1v) is 5.74. The maximum Gasteiger partial charge on any atom is 0.318 e.